The Morgan fingerprint density at radius 2 is 2.20 bits per heavy atom. The van der Waals surface area contributed by atoms with Crippen LogP contribution in [0.2, 0.25) is 0 Å². The summed E-state index contributed by atoms with van der Waals surface area (Å²) < 4.78 is 2.00. The summed E-state index contributed by atoms with van der Waals surface area (Å²) >= 11 is 4.86. The minimum Gasteiger partial charge on any atom is -0.397 e. The van der Waals surface area contributed by atoms with Crippen LogP contribution in [0.5, 0.6) is 0 Å². The lowest BCUT2D eigenvalue weighted by Gasteiger charge is -2.09. The molecule has 0 spiro atoms. The molecule has 0 fully saturated rings. The average Bonchev–Trinajstić information content (AvgIpc) is 2.72. The first-order chi connectivity index (χ1) is 9.49. The molecule has 2 rings (SSSR count). The molecule has 1 aromatic heterocycles. The molecule has 0 saturated heterocycles. The summed E-state index contributed by atoms with van der Waals surface area (Å²) in [4.78, 5) is 14.9. The Balaban J connectivity index is 2.08. The van der Waals surface area contributed by atoms with Crippen LogP contribution in [0.15, 0.2) is 22.7 Å². The average molecular weight is 356 g/mol. The minimum atomic E-state index is -0.0846. The van der Waals surface area contributed by atoms with Gasteiger partial charge in [0.15, 0.2) is 0 Å². The number of hydrogen-bond acceptors (Lipinski definition) is 4. The predicted molar refractivity (Wildman–Crippen MR) is 89.4 cm³/mol. The zero-order valence-corrected chi connectivity index (χ0v) is 14.0. The van der Waals surface area contributed by atoms with E-state index in [0.717, 1.165) is 27.5 Å². The van der Waals surface area contributed by atoms with Crippen molar-refractivity contribution >= 4 is 48.9 Å². The second-order valence-corrected chi connectivity index (χ2v) is 6.87. The van der Waals surface area contributed by atoms with Gasteiger partial charge in [-0.05, 0) is 45.3 Å². The first-order valence-electron chi connectivity index (χ1n) is 6.39. The van der Waals surface area contributed by atoms with E-state index in [9.17, 15) is 4.79 Å². The maximum Gasteiger partial charge on any atom is 0.263 e. The minimum absolute atomic E-state index is 0.0846. The number of thiophene rings is 1. The molecule has 3 N–H and O–H groups in total. The zero-order valence-electron chi connectivity index (χ0n) is 11.6. The predicted octanol–water partition coefficient (Wildman–Crippen LogP) is 2.93. The van der Waals surface area contributed by atoms with Crippen LogP contribution in [0.25, 0.3) is 10.1 Å². The number of nitrogen functional groups attached to an aromatic ring is 1. The molecular weight excluding hydrogens is 338 g/mol. The van der Waals surface area contributed by atoms with E-state index in [1.54, 1.807) is 0 Å². The van der Waals surface area contributed by atoms with Crippen molar-refractivity contribution in [2.24, 2.45) is 0 Å². The summed E-state index contributed by atoms with van der Waals surface area (Å²) in [6.07, 6.45) is 0.926. The van der Waals surface area contributed by atoms with Gasteiger partial charge in [0, 0.05) is 21.1 Å². The monoisotopic (exact) mass is 355 g/mol. The number of nitrogens with one attached hydrogen (secondary N) is 1. The largest absolute Gasteiger partial charge is 0.397 e. The SMILES string of the molecule is CN(C)CCCNC(=O)c1sc2ccc(Br)cc2c1N. The normalized spacial score (nSPS) is 11.2. The number of fused-ring (bicyclic) bond motifs is 1. The van der Waals surface area contributed by atoms with E-state index in [1.165, 1.54) is 11.3 Å². The van der Waals surface area contributed by atoms with Crippen LogP contribution in [0, 0.1) is 0 Å². The van der Waals surface area contributed by atoms with Crippen LogP contribution in [0.4, 0.5) is 5.69 Å². The number of nitrogens with zero attached hydrogens (tertiary/aromatic N) is 1. The molecule has 1 heterocycles. The van der Waals surface area contributed by atoms with Gasteiger partial charge in [-0.2, -0.15) is 0 Å². The fraction of sp³-hybridized carbons (Fsp3) is 0.357. The van der Waals surface area contributed by atoms with Crippen molar-refractivity contribution in [1.82, 2.24) is 10.2 Å². The van der Waals surface area contributed by atoms with Gasteiger partial charge in [-0.1, -0.05) is 15.9 Å². The molecule has 1 aromatic carbocycles. The highest BCUT2D eigenvalue weighted by Gasteiger charge is 2.16. The number of benzene rings is 1. The van der Waals surface area contributed by atoms with Crippen LogP contribution >= 0.6 is 27.3 Å². The van der Waals surface area contributed by atoms with Gasteiger partial charge in [0.25, 0.3) is 5.91 Å². The standard InChI is InChI=1S/C14H18BrN3OS/c1-18(2)7-3-6-17-14(19)13-12(16)10-8-9(15)4-5-11(10)20-13/h4-5,8H,3,6-7,16H2,1-2H3,(H,17,19). The number of rotatable bonds is 5. The number of nitrogens with two attached hydrogens (primary N) is 1. The van der Waals surface area contributed by atoms with Gasteiger partial charge < -0.3 is 16.0 Å². The summed E-state index contributed by atoms with van der Waals surface area (Å²) in [7, 11) is 4.04. The Morgan fingerprint density at radius 1 is 1.45 bits per heavy atom. The molecule has 0 saturated carbocycles. The van der Waals surface area contributed by atoms with E-state index in [2.05, 4.69) is 26.1 Å². The molecular formula is C14H18BrN3OS. The number of carbonyl (C=O) groups is 1. The summed E-state index contributed by atoms with van der Waals surface area (Å²) in [5.74, 6) is -0.0846. The van der Waals surface area contributed by atoms with E-state index >= 15 is 0 Å². The van der Waals surface area contributed by atoms with Crippen molar-refractivity contribution in [1.29, 1.82) is 0 Å². The first kappa shape index (κ1) is 15.3. The number of anilines is 1. The number of carbonyl (C=O) groups excluding carboxylic acids is 1. The van der Waals surface area contributed by atoms with Gasteiger partial charge in [0.2, 0.25) is 0 Å². The molecule has 20 heavy (non-hydrogen) atoms. The maximum absolute atomic E-state index is 12.2. The molecule has 1 amide bonds. The molecule has 6 heteroatoms. The fourth-order valence-corrected chi connectivity index (χ4v) is 3.32. The van der Waals surface area contributed by atoms with Gasteiger partial charge in [0.05, 0.1) is 5.69 Å². The van der Waals surface area contributed by atoms with Crippen molar-refractivity contribution in [2.45, 2.75) is 6.42 Å². The van der Waals surface area contributed by atoms with Gasteiger partial charge in [0.1, 0.15) is 4.88 Å². The Morgan fingerprint density at radius 3 is 2.90 bits per heavy atom. The molecule has 0 aliphatic carbocycles. The van der Waals surface area contributed by atoms with Gasteiger partial charge >= 0.3 is 0 Å². The van der Waals surface area contributed by atoms with E-state index in [4.69, 9.17) is 5.73 Å². The van der Waals surface area contributed by atoms with Crippen molar-refractivity contribution < 1.29 is 4.79 Å². The molecule has 0 bridgehead atoms. The molecule has 108 valence electrons. The number of hydrogen-bond donors (Lipinski definition) is 2. The van der Waals surface area contributed by atoms with Gasteiger partial charge in [-0.3, -0.25) is 4.79 Å². The van der Waals surface area contributed by atoms with Crippen molar-refractivity contribution in [2.75, 3.05) is 32.9 Å². The third-order valence-corrected chi connectivity index (χ3v) is 4.64. The van der Waals surface area contributed by atoms with E-state index in [0.29, 0.717) is 17.1 Å². The van der Waals surface area contributed by atoms with E-state index in [-0.39, 0.29) is 5.91 Å². The highest BCUT2D eigenvalue weighted by Crippen LogP contribution is 2.35. The van der Waals surface area contributed by atoms with Gasteiger partial charge in [-0.25, -0.2) is 0 Å². The highest BCUT2D eigenvalue weighted by molar-refractivity contribution is 9.10. The van der Waals surface area contributed by atoms with Crippen LogP contribution in [-0.4, -0.2) is 38.0 Å². The van der Waals surface area contributed by atoms with Crippen LogP contribution in [0.1, 0.15) is 16.1 Å². The van der Waals surface area contributed by atoms with Crippen LogP contribution in [-0.2, 0) is 0 Å². The van der Waals surface area contributed by atoms with E-state index < -0.39 is 0 Å². The quantitative estimate of drug-likeness (QED) is 0.810. The van der Waals surface area contributed by atoms with Crippen LogP contribution < -0.4 is 11.1 Å². The lowest BCUT2D eigenvalue weighted by molar-refractivity contribution is 0.0957. The molecule has 0 atom stereocenters. The Labute approximate surface area is 131 Å². The third kappa shape index (κ3) is 3.50. The summed E-state index contributed by atoms with van der Waals surface area (Å²) in [5.41, 5.74) is 6.65. The molecule has 4 nitrogen and oxygen atoms in total. The second kappa shape index (κ2) is 6.56. The van der Waals surface area contributed by atoms with Crippen molar-refractivity contribution in [3.63, 3.8) is 0 Å². The van der Waals surface area contributed by atoms with Crippen LogP contribution in [0.3, 0.4) is 0 Å². The molecule has 2 aromatic rings. The lowest BCUT2D eigenvalue weighted by atomic mass is 10.2. The van der Waals surface area contributed by atoms with Gasteiger partial charge in [-0.15, -0.1) is 11.3 Å². The zero-order chi connectivity index (χ0) is 14.7. The number of halogens is 1. The second-order valence-electron chi connectivity index (χ2n) is 4.90. The Bertz CT molecular complexity index is 624. The Kier molecular flexibility index (Phi) is 5.01. The first-order valence-corrected chi connectivity index (χ1v) is 8.00. The molecule has 0 radical (unpaired) electrons. The highest BCUT2D eigenvalue weighted by atomic mass is 79.9. The molecule has 0 aliphatic rings. The number of amides is 1. The maximum atomic E-state index is 12.2. The topological polar surface area (TPSA) is 58.4 Å². The summed E-state index contributed by atoms with van der Waals surface area (Å²) in [6, 6.07) is 5.88. The van der Waals surface area contributed by atoms with Crippen molar-refractivity contribution in [3.05, 3.63) is 27.5 Å². The van der Waals surface area contributed by atoms with Crippen molar-refractivity contribution in [3.8, 4) is 0 Å². The molecule has 0 aliphatic heterocycles. The summed E-state index contributed by atoms with van der Waals surface area (Å²) in [5, 5.41) is 3.86. The fourth-order valence-electron chi connectivity index (χ4n) is 1.94. The third-order valence-electron chi connectivity index (χ3n) is 2.96. The smallest absolute Gasteiger partial charge is 0.263 e. The summed E-state index contributed by atoms with van der Waals surface area (Å²) in [6.45, 7) is 1.61. The Hall–Kier alpha value is -1.11. The molecule has 0 unspecified atom stereocenters. The van der Waals surface area contributed by atoms with E-state index in [1.807, 2.05) is 32.3 Å². The lowest BCUT2D eigenvalue weighted by Crippen LogP contribution is -2.27.